The molecule has 0 aliphatic rings. The number of ether oxygens (including phenoxy) is 1. The lowest BCUT2D eigenvalue weighted by Gasteiger charge is -2.01. The molecule has 0 saturated heterocycles. The van der Waals surface area contributed by atoms with Gasteiger partial charge in [0.15, 0.2) is 0 Å². The predicted molar refractivity (Wildman–Crippen MR) is 84.1 cm³/mol. The summed E-state index contributed by atoms with van der Waals surface area (Å²) in [6.07, 6.45) is 2.82. The van der Waals surface area contributed by atoms with Crippen molar-refractivity contribution in [2.45, 2.75) is 6.54 Å². The molecule has 1 aromatic carbocycles. The van der Waals surface area contributed by atoms with Gasteiger partial charge in [0.25, 0.3) is 0 Å². The van der Waals surface area contributed by atoms with E-state index in [2.05, 4.69) is 20.6 Å². The van der Waals surface area contributed by atoms with Crippen LogP contribution < -0.4 is 10.7 Å². The number of methoxy groups -OCH3 is 1. The van der Waals surface area contributed by atoms with E-state index in [9.17, 15) is 14.4 Å². The van der Waals surface area contributed by atoms with Crippen LogP contribution in [-0.2, 0) is 20.9 Å². The van der Waals surface area contributed by atoms with Crippen LogP contribution in [-0.4, -0.2) is 31.1 Å². The number of nitrogens with zero attached hydrogens (tertiary/aromatic N) is 1. The van der Waals surface area contributed by atoms with Crippen LogP contribution in [0, 0.1) is 0 Å². The van der Waals surface area contributed by atoms with Gasteiger partial charge >= 0.3 is 17.8 Å². The van der Waals surface area contributed by atoms with E-state index in [4.69, 9.17) is 4.42 Å². The maximum Gasteiger partial charge on any atom is 0.337 e. The second-order valence-corrected chi connectivity index (χ2v) is 4.57. The average molecular weight is 329 g/mol. The van der Waals surface area contributed by atoms with Crippen molar-refractivity contribution in [1.29, 1.82) is 0 Å². The Morgan fingerprint density at radius 1 is 1.17 bits per heavy atom. The summed E-state index contributed by atoms with van der Waals surface area (Å²) in [5.74, 6) is -1.64. The van der Waals surface area contributed by atoms with Gasteiger partial charge < -0.3 is 14.5 Å². The van der Waals surface area contributed by atoms with E-state index < -0.39 is 17.8 Å². The van der Waals surface area contributed by atoms with Gasteiger partial charge in [-0.15, -0.1) is 0 Å². The Morgan fingerprint density at radius 3 is 2.54 bits per heavy atom. The fourth-order valence-corrected chi connectivity index (χ4v) is 1.70. The molecule has 0 aliphatic heterocycles. The molecule has 0 atom stereocenters. The minimum atomic E-state index is -0.899. The Balaban J connectivity index is 1.80. The van der Waals surface area contributed by atoms with E-state index in [1.807, 2.05) is 0 Å². The summed E-state index contributed by atoms with van der Waals surface area (Å²) in [5, 5.41) is 6.07. The van der Waals surface area contributed by atoms with Crippen molar-refractivity contribution in [2.24, 2.45) is 5.10 Å². The van der Waals surface area contributed by atoms with Crippen LogP contribution in [0.15, 0.2) is 52.2 Å². The van der Waals surface area contributed by atoms with Crippen molar-refractivity contribution < 1.29 is 23.5 Å². The molecule has 0 aliphatic carbocycles. The summed E-state index contributed by atoms with van der Waals surface area (Å²) in [6, 6.07) is 9.72. The maximum atomic E-state index is 11.5. The summed E-state index contributed by atoms with van der Waals surface area (Å²) < 4.78 is 9.61. The summed E-state index contributed by atoms with van der Waals surface area (Å²) in [7, 11) is 1.30. The Labute approximate surface area is 137 Å². The van der Waals surface area contributed by atoms with Gasteiger partial charge in [0.1, 0.15) is 5.76 Å². The normalized spacial score (nSPS) is 10.4. The van der Waals surface area contributed by atoms with E-state index in [-0.39, 0.29) is 6.54 Å². The van der Waals surface area contributed by atoms with Crippen LogP contribution in [0.1, 0.15) is 21.7 Å². The van der Waals surface area contributed by atoms with Crippen molar-refractivity contribution in [1.82, 2.24) is 10.7 Å². The molecule has 0 unspecified atom stereocenters. The van der Waals surface area contributed by atoms with Crippen LogP contribution >= 0.6 is 0 Å². The minimum absolute atomic E-state index is 0.109. The number of benzene rings is 1. The van der Waals surface area contributed by atoms with Gasteiger partial charge in [-0.25, -0.2) is 10.2 Å². The third-order valence-corrected chi connectivity index (χ3v) is 2.92. The highest BCUT2D eigenvalue weighted by Crippen LogP contribution is 2.03. The second kappa shape index (κ2) is 8.28. The lowest BCUT2D eigenvalue weighted by Crippen LogP contribution is -2.37. The first-order valence-electron chi connectivity index (χ1n) is 6.92. The molecule has 1 aromatic heterocycles. The van der Waals surface area contributed by atoms with Crippen molar-refractivity contribution in [3.8, 4) is 0 Å². The predicted octanol–water partition coefficient (Wildman–Crippen LogP) is 0.833. The monoisotopic (exact) mass is 329 g/mol. The van der Waals surface area contributed by atoms with Crippen LogP contribution in [0.4, 0.5) is 0 Å². The molecular formula is C16H15N3O5. The first-order chi connectivity index (χ1) is 11.6. The Morgan fingerprint density at radius 2 is 1.92 bits per heavy atom. The van der Waals surface area contributed by atoms with E-state index in [1.165, 1.54) is 19.6 Å². The van der Waals surface area contributed by atoms with Crippen molar-refractivity contribution >= 4 is 24.0 Å². The van der Waals surface area contributed by atoms with Crippen molar-refractivity contribution in [2.75, 3.05) is 7.11 Å². The molecule has 24 heavy (non-hydrogen) atoms. The molecule has 0 fully saturated rings. The van der Waals surface area contributed by atoms with Gasteiger partial charge in [-0.05, 0) is 29.8 Å². The van der Waals surface area contributed by atoms with E-state index >= 15 is 0 Å². The largest absolute Gasteiger partial charge is 0.467 e. The number of hydrogen-bond donors (Lipinski definition) is 2. The van der Waals surface area contributed by atoms with Gasteiger partial charge in [-0.1, -0.05) is 12.1 Å². The number of carbonyl (C=O) groups excluding carboxylic acids is 3. The molecule has 2 aromatic rings. The topological polar surface area (TPSA) is 110 Å². The van der Waals surface area contributed by atoms with Crippen LogP contribution in [0.5, 0.6) is 0 Å². The molecule has 2 rings (SSSR count). The molecule has 2 N–H and O–H groups in total. The standard InChI is InChI=1S/C16H15N3O5/c1-23-16(22)12-6-4-11(5-7-12)9-18-19-15(21)14(20)17-10-13-3-2-8-24-13/h2-9H,10H2,1H3,(H,17,20)(H,19,21)/b18-9+. The zero-order valence-electron chi connectivity index (χ0n) is 12.8. The highest BCUT2D eigenvalue weighted by molar-refractivity contribution is 6.35. The zero-order valence-corrected chi connectivity index (χ0v) is 12.8. The molecule has 0 saturated carbocycles. The average Bonchev–Trinajstić information content (AvgIpc) is 3.13. The Kier molecular flexibility index (Phi) is 5.84. The molecule has 0 radical (unpaired) electrons. The van der Waals surface area contributed by atoms with Crippen LogP contribution in [0.25, 0.3) is 0 Å². The third kappa shape index (κ3) is 4.80. The van der Waals surface area contributed by atoms with E-state index in [0.29, 0.717) is 16.9 Å². The summed E-state index contributed by atoms with van der Waals surface area (Å²) in [5.41, 5.74) is 3.14. The number of rotatable bonds is 5. The van der Waals surface area contributed by atoms with Gasteiger partial charge in [0.2, 0.25) is 0 Å². The highest BCUT2D eigenvalue weighted by atomic mass is 16.5. The molecule has 124 valence electrons. The Bertz CT molecular complexity index is 736. The Hall–Kier alpha value is -3.42. The number of amides is 2. The van der Waals surface area contributed by atoms with Gasteiger partial charge in [0, 0.05) is 0 Å². The van der Waals surface area contributed by atoms with Crippen LogP contribution in [0.3, 0.4) is 0 Å². The van der Waals surface area contributed by atoms with Crippen LogP contribution in [0.2, 0.25) is 0 Å². The fourth-order valence-electron chi connectivity index (χ4n) is 1.70. The maximum absolute atomic E-state index is 11.5. The highest BCUT2D eigenvalue weighted by Gasteiger charge is 2.12. The minimum Gasteiger partial charge on any atom is -0.467 e. The molecule has 0 spiro atoms. The third-order valence-electron chi connectivity index (χ3n) is 2.92. The SMILES string of the molecule is COC(=O)c1ccc(/C=N/NC(=O)C(=O)NCc2ccco2)cc1. The van der Waals surface area contributed by atoms with Crippen molar-refractivity contribution in [3.63, 3.8) is 0 Å². The second-order valence-electron chi connectivity index (χ2n) is 4.57. The number of furan rings is 1. The summed E-state index contributed by atoms with van der Waals surface area (Å²) in [6.45, 7) is 0.109. The molecule has 8 heteroatoms. The number of esters is 1. The molecular weight excluding hydrogens is 314 g/mol. The number of hydrogen-bond acceptors (Lipinski definition) is 6. The molecule has 2 amide bonds. The number of hydrazone groups is 1. The smallest absolute Gasteiger partial charge is 0.337 e. The quantitative estimate of drug-likeness (QED) is 0.365. The fraction of sp³-hybridized carbons (Fsp3) is 0.125. The lowest BCUT2D eigenvalue weighted by atomic mass is 10.1. The zero-order chi connectivity index (χ0) is 17.4. The molecule has 0 bridgehead atoms. The van der Waals surface area contributed by atoms with Crippen molar-refractivity contribution in [3.05, 3.63) is 59.5 Å². The van der Waals surface area contributed by atoms with Gasteiger partial charge in [-0.2, -0.15) is 5.10 Å². The van der Waals surface area contributed by atoms with Gasteiger partial charge in [-0.3, -0.25) is 9.59 Å². The first kappa shape index (κ1) is 16.9. The van der Waals surface area contributed by atoms with E-state index in [1.54, 1.807) is 36.4 Å². The number of nitrogens with one attached hydrogen (secondary N) is 2. The summed E-state index contributed by atoms with van der Waals surface area (Å²) in [4.78, 5) is 34.4. The first-order valence-corrected chi connectivity index (χ1v) is 6.92. The lowest BCUT2D eigenvalue weighted by molar-refractivity contribution is -0.139. The molecule has 8 nitrogen and oxygen atoms in total. The summed E-state index contributed by atoms with van der Waals surface area (Å²) >= 11 is 0. The van der Waals surface area contributed by atoms with Gasteiger partial charge in [0.05, 0.1) is 31.7 Å². The van der Waals surface area contributed by atoms with E-state index in [0.717, 1.165) is 0 Å². The number of carbonyl (C=O) groups is 3. The molecule has 1 heterocycles.